The smallest absolute Gasteiger partial charge is 0.308 e. The number of imidazole rings is 1. The monoisotopic (exact) mass is 319 g/mol. The van der Waals surface area contributed by atoms with E-state index in [0.29, 0.717) is 18.5 Å². The molecule has 1 aliphatic rings. The molecule has 22 heavy (non-hydrogen) atoms. The van der Waals surface area contributed by atoms with Crippen LogP contribution < -0.4 is 5.32 Å². The fourth-order valence-corrected chi connectivity index (χ4v) is 3.52. The van der Waals surface area contributed by atoms with Gasteiger partial charge in [-0.1, -0.05) is 24.2 Å². The van der Waals surface area contributed by atoms with Gasteiger partial charge >= 0.3 is 5.97 Å². The number of nitrogens with zero attached hydrogens (tertiary/aromatic N) is 2. The Bertz CT molecular complexity index is 728. The zero-order valence-electron chi connectivity index (χ0n) is 12.2. The first-order valence-corrected chi connectivity index (χ1v) is 8.39. The van der Waals surface area contributed by atoms with Crippen LogP contribution in [0.5, 0.6) is 0 Å². The molecule has 2 aromatic heterocycles. The number of hydrogen-bond donors (Lipinski definition) is 2. The molecule has 6 nitrogen and oxygen atoms in total. The summed E-state index contributed by atoms with van der Waals surface area (Å²) in [6, 6.07) is 5.26. The lowest BCUT2D eigenvalue weighted by Crippen LogP contribution is -2.40. The van der Waals surface area contributed by atoms with Crippen molar-refractivity contribution in [2.75, 3.05) is 6.26 Å². The number of nitrogens with one attached hydrogen (secondary N) is 1. The predicted molar refractivity (Wildman–Crippen MR) is 83.2 cm³/mol. The molecular weight excluding hydrogens is 302 g/mol. The normalized spacial score (nSPS) is 21.1. The van der Waals surface area contributed by atoms with Gasteiger partial charge in [0.25, 0.3) is 5.91 Å². The zero-order chi connectivity index (χ0) is 15.7. The summed E-state index contributed by atoms with van der Waals surface area (Å²) in [5.74, 6) is -1.65. The van der Waals surface area contributed by atoms with Crippen LogP contribution in [0.1, 0.15) is 29.8 Å². The highest BCUT2D eigenvalue weighted by atomic mass is 32.2. The molecule has 0 unspecified atom stereocenters. The topological polar surface area (TPSA) is 83.7 Å². The summed E-state index contributed by atoms with van der Waals surface area (Å²) in [7, 11) is 0. The molecule has 2 atom stereocenters. The second-order valence-electron chi connectivity index (χ2n) is 5.36. The van der Waals surface area contributed by atoms with Gasteiger partial charge in [0.05, 0.1) is 11.4 Å². The van der Waals surface area contributed by atoms with Crippen LogP contribution >= 0.6 is 11.8 Å². The highest BCUT2D eigenvalue weighted by Crippen LogP contribution is 2.27. The van der Waals surface area contributed by atoms with Crippen LogP contribution in [0, 0.1) is 5.92 Å². The number of carbonyl (C=O) groups is 2. The molecule has 2 N–H and O–H groups in total. The van der Waals surface area contributed by atoms with Crippen molar-refractivity contribution in [3.8, 4) is 0 Å². The fraction of sp³-hybridized carbons (Fsp3) is 0.400. The fourth-order valence-electron chi connectivity index (χ4n) is 2.99. The Hall–Kier alpha value is -2.02. The zero-order valence-corrected chi connectivity index (χ0v) is 13.0. The maximum Gasteiger partial charge on any atom is 0.308 e. The molecule has 0 radical (unpaired) electrons. The standard InChI is InChI=1S/C15H17N3O3S/c1-22-15-17-12(11-7-2-3-8-18(11)15)13(19)16-10-6-4-5-9(10)14(20)21/h2-3,7-10H,4-6H2,1H3,(H,16,19)(H,20,21)/t9-,10+/m0/s1. The third kappa shape index (κ3) is 2.56. The van der Waals surface area contributed by atoms with E-state index in [1.54, 1.807) is 0 Å². The Balaban J connectivity index is 1.88. The highest BCUT2D eigenvalue weighted by molar-refractivity contribution is 7.98. The van der Waals surface area contributed by atoms with Crippen molar-refractivity contribution in [1.29, 1.82) is 0 Å². The first-order chi connectivity index (χ1) is 10.6. The number of fused-ring (bicyclic) bond motifs is 1. The van der Waals surface area contributed by atoms with Crippen molar-refractivity contribution in [3.63, 3.8) is 0 Å². The maximum absolute atomic E-state index is 12.5. The molecule has 2 heterocycles. The Morgan fingerprint density at radius 2 is 2.23 bits per heavy atom. The molecule has 0 aromatic carbocycles. The van der Waals surface area contributed by atoms with Crippen molar-refractivity contribution < 1.29 is 14.7 Å². The van der Waals surface area contributed by atoms with Gasteiger partial charge in [-0.25, -0.2) is 4.98 Å². The molecule has 0 aliphatic heterocycles. The van der Waals surface area contributed by atoms with Crippen LogP contribution in [0.15, 0.2) is 29.6 Å². The molecule has 116 valence electrons. The molecule has 2 aromatic rings. The Morgan fingerprint density at radius 1 is 1.41 bits per heavy atom. The molecule has 0 saturated heterocycles. The Morgan fingerprint density at radius 3 is 2.95 bits per heavy atom. The van der Waals surface area contributed by atoms with Gasteiger partial charge in [-0.2, -0.15) is 0 Å². The summed E-state index contributed by atoms with van der Waals surface area (Å²) in [6.07, 6.45) is 5.90. The Kier molecular flexibility index (Phi) is 4.06. The van der Waals surface area contributed by atoms with E-state index in [9.17, 15) is 14.7 Å². The maximum atomic E-state index is 12.5. The average Bonchev–Trinajstić information content (AvgIpc) is 3.11. The van der Waals surface area contributed by atoms with E-state index in [-0.39, 0.29) is 11.9 Å². The van der Waals surface area contributed by atoms with Crippen molar-refractivity contribution >= 4 is 29.2 Å². The van der Waals surface area contributed by atoms with E-state index in [1.165, 1.54) is 11.8 Å². The summed E-state index contributed by atoms with van der Waals surface area (Å²) in [4.78, 5) is 28.1. The van der Waals surface area contributed by atoms with Gasteiger partial charge in [-0.3, -0.25) is 14.0 Å². The van der Waals surface area contributed by atoms with Crippen LogP contribution in [-0.2, 0) is 4.79 Å². The molecular formula is C15H17N3O3S. The number of carbonyl (C=O) groups excluding carboxylic acids is 1. The highest BCUT2D eigenvalue weighted by Gasteiger charge is 2.34. The minimum atomic E-state index is -0.845. The van der Waals surface area contributed by atoms with E-state index >= 15 is 0 Å². The molecule has 1 saturated carbocycles. The molecule has 0 spiro atoms. The van der Waals surface area contributed by atoms with E-state index in [4.69, 9.17) is 0 Å². The molecule has 1 fully saturated rings. The van der Waals surface area contributed by atoms with Gasteiger partial charge in [0.1, 0.15) is 0 Å². The third-order valence-corrected chi connectivity index (χ3v) is 4.72. The molecule has 7 heteroatoms. The quantitative estimate of drug-likeness (QED) is 0.843. The van der Waals surface area contributed by atoms with Crippen molar-refractivity contribution in [3.05, 3.63) is 30.1 Å². The summed E-state index contributed by atoms with van der Waals surface area (Å²) in [5, 5.41) is 12.8. The van der Waals surface area contributed by atoms with E-state index in [0.717, 1.165) is 17.1 Å². The third-order valence-electron chi connectivity index (χ3n) is 4.06. The van der Waals surface area contributed by atoms with Crippen molar-refractivity contribution in [1.82, 2.24) is 14.7 Å². The minimum Gasteiger partial charge on any atom is -0.481 e. The second kappa shape index (κ2) is 6.00. The number of amides is 1. The summed E-state index contributed by atoms with van der Waals surface area (Å²) in [5.41, 5.74) is 1.08. The van der Waals surface area contributed by atoms with Crippen LogP contribution in [0.4, 0.5) is 0 Å². The van der Waals surface area contributed by atoms with Crippen LogP contribution in [-0.4, -0.2) is 38.7 Å². The van der Waals surface area contributed by atoms with E-state index in [2.05, 4.69) is 10.3 Å². The number of thioether (sulfide) groups is 1. The molecule has 1 aliphatic carbocycles. The van der Waals surface area contributed by atoms with Crippen molar-refractivity contribution in [2.45, 2.75) is 30.5 Å². The summed E-state index contributed by atoms with van der Waals surface area (Å²) >= 11 is 1.46. The summed E-state index contributed by atoms with van der Waals surface area (Å²) in [6.45, 7) is 0. The molecule has 1 amide bonds. The average molecular weight is 319 g/mol. The van der Waals surface area contributed by atoms with E-state index in [1.807, 2.05) is 35.1 Å². The first-order valence-electron chi connectivity index (χ1n) is 7.16. The van der Waals surface area contributed by atoms with Crippen LogP contribution in [0.2, 0.25) is 0 Å². The van der Waals surface area contributed by atoms with Crippen molar-refractivity contribution in [2.24, 2.45) is 5.92 Å². The number of carboxylic acid groups (broad SMARTS) is 1. The number of aromatic nitrogens is 2. The lowest BCUT2D eigenvalue weighted by Gasteiger charge is -2.16. The predicted octanol–water partition coefficient (Wildman–Crippen LogP) is 2.04. The number of pyridine rings is 1. The Labute approximate surface area is 131 Å². The molecule has 3 rings (SSSR count). The lowest BCUT2D eigenvalue weighted by atomic mass is 10.0. The van der Waals surface area contributed by atoms with Crippen LogP contribution in [0.3, 0.4) is 0 Å². The number of aliphatic carboxylic acids is 1. The van der Waals surface area contributed by atoms with Gasteiger partial charge < -0.3 is 10.4 Å². The van der Waals surface area contributed by atoms with Crippen LogP contribution in [0.25, 0.3) is 5.52 Å². The van der Waals surface area contributed by atoms with Gasteiger partial charge in [-0.15, -0.1) is 0 Å². The SMILES string of the molecule is CSc1nc(C(=O)N[C@@H]2CCC[C@@H]2C(=O)O)c2ccccn12. The summed E-state index contributed by atoms with van der Waals surface area (Å²) < 4.78 is 1.86. The van der Waals surface area contributed by atoms with Gasteiger partial charge in [0.2, 0.25) is 0 Å². The largest absolute Gasteiger partial charge is 0.481 e. The number of carboxylic acids is 1. The number of hydrogen-bond acceptors (Lipinski definition) is 4. The van der Waals surface area contributed by atoms with Gasteiger partial charge in [0.15, 0.2) is 10.9 Å². The lowest BCUT2D eigenvalue weighted by molar-refractivity contribution is -0.142. The minimum absolute atomic E-state index is 0.304. The number of rotatable bonds is 4. The second-order valence-corrected chi connectivity index (χ2v) is 6.13. The molecule has 0 bridgehead atoms. The van der Waals surface area contributed by atoms with E-state index < -0.39 is 11.9 Å². The van der Waals surface area contributed by atoms with Gasteiger partial charge in [-0.05, 0) is 31.2 Å². The van der Waals surface area contributed by atoms with Gasteiger partial charge in [0, 0.05) is 12.2 Å². The first kappa shape index (κ1) is 14.9.